The number of benzene rings is 2. The Kier molecular flexibility index (Phi) is 7.86. The maximum absolute atomic E-state index is 5.89. The molecule has 2 aromatic rings. The lowest BCUT2D eigenvalue weighted by Gasteiger charge is -2.17. The van der Waals surface area contributed by atoms with E-state index in [1.165, 1.54) is 22.5 Å². The molecule has 2 aromatic carbocycles. The van der Waals surface area contributed by atoms with Crippen LogP contribution in [0.15, 0.2) is 59.5 Å². The predicted molar refractivity (Wildman–Crippen MR) is 102 cm³/mol. The van der Waals surface area contributed by atoms with Crippen LogP contribution in [0.2, 0.25) is 0 Å². The van der Waals surface area contributed by atoms with Gasteiger partial charge in [0.25, 0.3) is 0 Å². The quantitative estimate of drug-likeness (QED) is 0.431. The van der Waals surface area contributed by atoms with Gasteiger partial charge in [0.2, 0.25) is 0 Å². The summed E-state index contributed by atoms with van der Waals surface area (Å²) in [4.78, 5) is 1.25. The molecule has 0 bridgehead atoms. The Morgan fingerprint density at radius 1 is 0.957 bits per heavy atom. The largest absolute Gasteiger partial charge is 0.491 e. The van der Waals surface area contributed by atoms with Gasteiger partial charge in [-0.2, -0.15) is 0 Å². The molecule has 0 spiro atoms. The van der Waals surface area contributed by atoms with Gasteiger partial charge in [-0.15, -0.1) is 11.8 Å². The Bertz CT molecular complexity index is 555. The highest BCUT2D eigenvalue weighted by atomic mass is 32.2. The van der Waals surface area contributed by atoms with Crippen LogP contribution in [0.3, 0.4) is 0 Å². The van der Waals surface area contributed by atoms with Crippen molar-refractivity contribution in [2.24, 2.45) is 0 Å². The van der Waals surface area contributed by atoms with Crippen molar-refractivity contribution in [2.45, 2.75) is 30.8 Å². The van der Waals surface area contributed by atoms with Gasteiger partial charge in [-0.05, 0) is 47.8 Å². The van der Waals surface area contributed by atoms with Gasteiger partial charge >= 0.3 is 0 Å². The van der Waals surface area contributed by atoms with Crippen LogP contribution in [-0.2, 0) is 4.18 Å². The molecule has 0 saturated heterocycles. The summed E-state index contributed by atoms with van der Waals surface area (Å²) in [6.07, 6.45) is 2.00. The van der Waals surface area contributed by atoms with Gasteiger partial charge in [0, 0.05) is 16.9 Å². The topological polar surface area (TPSA) is 18.5 Å². The molecule has 0 aliphatic heterocycles. The average molecular weight is 349 g/mol. The van der Waals surface area contributed by atoms with Crippen molar-refractivity contribution in [3.05, 3.63) is 60.2 Å². The van der Waals surface area contributed by atoms with E-state index in [4.69, 9.17) is 8.92 Å². The Labute approximate surface area is 148 Å². The molecule has 2 nitrogen and oxygen atoms in total. The fraction of sp³-hybridized carbons (Fsp3) is 0.368. The van der Waals surface area contributed by atoms with E-state index in [-0.39, 0.29) is 6.10 Å². The molecule has 2 rings (SSSR count). The van der Waals surface area contributed by atoms with Crippen LogP contribution < -0.4 is 4.74 Å². The number of hydrogen-bond acceptors (Lipinski definition) is 4. The summed E-state index contributed by atoms with van der Waals surface area (Å²) in [6.45, 7) is 4.94. The van der Waals surface area contributed by atoms with Gasteiger partial charge in [0.05, 0.1) is 0 Å². The van der Waals surface area contributed by atoms with E-state index in [1.807, 2.05) is 24.5 Å². The standard InChI is InChI=1S/C19H24O2S2/c1-15(2)16-9-11-17(12-10-16)20-13-18(21-22-3)14-23-19-7-5-4-6-8-19/h4-12,15,18H,13-14H2,1-3H3. The van der Waals surface area contributed by atoms with Crippen molar-refractivity contribution < 1.29 is 8.92 Å². The average Bonchev–Trinajstić information content (AvgIpc) is 2.58. The van der Waals surface area contributed by atoms with Gasteiger partial charge in [0.1, 0.15) is 18.5 Å². The van der Waals surface area contributed by atoms with E-state index in [0.29, 0.717) is 12.5 Å². The maximum Gasteiger partial charge on any atom is 0.119 e. The van der Waals surface area contributed by atoms with Gasteiger partial charge < -0.3 is 8.92 Å². The van der Waals surface area contributed by atoms with Crippen LogP contribution in [0.4, 0.5) is 0 Å². The monoisotopic (exact) mass is 348 g/mol. The maximum atomic E-state index is 5.89. The normalized spacial score (nSPS) is 12.3. The zero-order valence-electron chi connectivity index (χ0n) is 13.9. The molecule has 0 amide bonds. The lowest BCUT2D eigenvalue weighted by molar-refractivity contribution is 0.170. The third-order valence-corrected chi connectivity index (χ3v) is 5.00. The first-order valence-corrected chi connectivity index (χ1v) is 9.92. The molecule has 1 atom stereocenters. The number of thioether (sulfide) groups is 1. The molecule has 0 N–H and O–H groups in total. The molecular formula is C19H24O2S2. The third-order valence-electron chi connectivity index (χ3n) is 3.39. The van der Waals surface area contributed by atoms with E-state index < -0.39 is 0 Å². The lowest BCUT2D eigenvalue weighted by atomic mass is 10.0. The van der Waals surface area contributed by atoms with Crippen molar-refractivity contribution >= 4 is 23.8 Å². The molecule has 0 fully saturated rings. The van der Waals surface area contributed by atoms with Crippen LogP contribution in [-0.4, -0.2) is 24.7 Å². The summed E-state index contributed by atoms with van der Waals surface area (Å²) in [5, 5.41) is 0. The molecule has 0 aromatic heterocycles. The zero-order chi connectivity index (χ0) is 16.5. The molecule has 0 aliphatic carbocycles. The van der Waals surface area contributed by atoms with Crippen LogP contribution >= 0.6 is 23.8 Å². The lowest BCUT2D eigenvalue weighted by Crippen LogP contribution is -2.22. The van der Waals surface area contributed by atoms with Crippen molar-refractivity contribution in [1.82, 2.24) is 0 Å². The Balaban J connectivity index is 1.84. The smallest absolute Gasteiger partial charge is 0.119 e. The second kappa shape index (κ2) is 9.91. The summed E-state index contributed by atoms with van der Waals surface area (Å²) in [7, 11) is 0. The predicted octanol–water partition coefficient (Wildman–Crippen LogP) is 5.64. The fourth-order valence-corrected chi connectivity index (χ4v) is 3.46. The summed E-state index contributed by atoms with van der Waals surface area (Å²) >= 11 is 3.18. The van der Waals surface area contributed by atoms with Gasteiger partial charge in [-0.3, -0.25) is 0 Å². The first-order chi connectivity index (χ1) is 11.2. The second-order valence-corrected chi connectivity index (χ2v) is 7.16. The molecule has 0 saturated carbocycles. The Morgan fingerprint density at radius 3 is 2.26 bits per heavy atom. The summed E-state index contributed by atoms with van der Waals surface area (Å²) in [6, 6.07) is 18.7. The van der Waals surface area contributed by atoms with Gasteiger partial charge in [0.15, 0.2) is 0 Å². The first-order valence-electron chi connectivity index (χ1n) is 7.79. The number of ether oxygens (including phenoxy) is 1. The molecular weight excluding hydrogens is 324 g/mol. The molecule has 1 unspecified atom stereocenters. The number of rotatable bonds is 9. The minimum atomic E-state index is 0.0555. The first kappa shape index (κ1) is 18.2. The third kappa shape index (κ3) is 6.50. The van der Waals surface area contributed by atoms with Crippen molar-refractivity contribution in [3.63, 3.8) is 0 Å². The SMILES string of the molecule is CSOC(COc1ccc(C(C)C)cc1)CSc1ccccc1. The highest BCUT2D eigenvalue weighted by molar-refractivity contribution is 7.99. The van der Waals surface area contributed by atoms with E-state index in [9.17, 15) is 0 Å². The molecule has 0 aliphatic rings. The highest BCUT2D eigenvalue weighted by Crippen LogP contribution is 2.22. The number of hydrogen-bond donors (Lipinski definition) is 0. The van der Waals surface area contributed by atoms with Gasteiger partial charge in [-0.1, -0.05) is 44.2 Å². The Morgan fingerprint density at radius 2 is 1.65 bits per heavy atom. The minimum absolute atomic E-state index is 0.0555. The highest BCUT2D eigenvalue weighted by Gasteiger charge is 2.11. The van der Waals surface area contributed by atoms with E-state index >= 15 is 0 Å². The van der Waals surface area contributed by atoms with Gasteiger partial charge in [-0.25, -0.2) is 0 Å². The van der Waals surface area contributed by atoms with Crippen molar-refractivity contribution in [2.75, 3.05) is 18.6 Å². The molecule has 4 heteroatoms. The summed E-state index contributed by atoms with van der Waals surface area (Å²) in [5.74, 6) is 2.31. The van der Waals surface area contributed by atoms with Crippen LogP contribution in [0.1, 0.15) is 25.3 Å². The van der Waals surface area contributed by atoms with Crippen molar-refractivity contribution in [3.8, 4) is 5.75 Å². The zero-order valence-corrected chi connectivity index (χ0v) is 15.5. The minimum Gasteiger partial charge on any atom is -0.491 e. The van der Waals surface area contributed by atoms with E-state index in [1.54, 1.807) is 11.8 Å². The second-order valence-electron chi connectivity index (χ2n) is 5.54. The Hall–Kier alpha value is -1.10. The summed E-state index contributed by atoms with van der Waals surface area (Å²) < 4.78 is 11.6. The van der Waals surface area contributed by atoms with Crippen LogP contribution in [0, 0.1) is 0 Å². The molecule has 0 heterocycles. The summed E-state index contributed by atoms with van der Waals surface area (Å²) in [5.41, 5.74) is 1.33. The van der Waals surface area contributed by atoms with Crippen molar-refractivity contribution in [1.29, 1.82) is 0 Å². The molecule has 0 radical (unpaired) electrons. The van der Waals surface area contributed by atoms with E-state index in [0.717, 1.165) is 11.5 Å². The van der Waals surface area contributed by atoms with Crippen LogP contribution in [0.25, 0.3) is 0 Å². The fourth-order valence-electron chi connectivity index (χ4n) is 2.08. The molecule has 124 valence electrons. The molecule has 23 heavy (non-hydrogen) atoms. The van der Waals surface area contributed by atoms with E-state index in [2.05, 4.69) is 50.2 Å². The van der Waals surface area contributed by atoms with Crippen LogP contribution in [0.5, 0.6) is 5.75 Å².